The van der Waals surface area contributed by atoms with Crippen molar-refractivity contribution in [3.63, 3.8) is 0 Å². The highest BCUT2D eigenvalue weighted by atomic mass is 32.1. The Bertz CT molecular complexity index is 1760. The lowest BCUT2D eigenvalue weighted by molar-refractivity contribution is -0.155. The van der Waals surface area contributed by atoms with Gasteiger partial charge in [0.15, 0.2) is 0 Å². The van der Waals surface area contributed by atoms with Crippen LogP contribution in [0.2, 0.25) is 0 Å². The van der Waals surface area contributed by atoms with Crippen LogP contribution in [0.4, 0.5) is 4.79 Å². The van der Waals surface area contributed by atoms with Gasteiger partial charge in [-0.3, -0.25) is 14.6 Å². The maximum absolute atomic E-state index is 13.4. The molecule has 4 aromatic rings. The van der Waals surface area contributed by atoms with Crippen LogP contribution in [0.3, 0.4) is 0 Å². The Hall–Kier alpha value is -4.85. The molecule has 0 saturated carbocycles. The molecule has 0 fully saturated rings. The van der Waals surface area contributed by atoms with E-state index in [9.17, 15) is 33.7 Å². The zero-order chi connectivity index (χ0) is 36.1. The monoisotopic (exact) mass is 723 g/mol. The summed E-state index contributed by atoms with van der Waals surface area (Å²) in [7, 11) is -5.09. The first-order chi connectivity index (χ1) is 23.9. The smallest absolute Gasteiger partial charge is 0.409 e. The van der Waals surface area contributed by atoms with Gasteiger partial charge in [0, 0.05) is 11.3 Å². The van der Waals surface area contributed by atoms with Gasteiger partial charge in [0.25, 0.3) is 0 Å². The molecule has 1 aromatic heterocycles. The van der Waals surface area contributed by atoms with Crippen LogP contribution in [-0.4, -0.2) is 52.3 Å². The van der Waals surface area contributed by atoms with Gasteiger partial charge in [0.2, 0.25) is 12.1 Å². The van der Waals surface area contributed by atoms with Crippen molar-refractivity contribution < 1.29 is 47.7 Å². The number of hydrogen-bond donors (Lipinski definition) is 5. The quantitative estimate of drug-likeness (QED) is 0.0543. The van der Waals surface area contributed by atoms with Crippen molar-refractivity contribution in [3.8, 4) is 10.4 Å². The standard InChI is InChI=1S/C35H38N3O10PS/c1-23(2)30(31(39)36-28(33(40)41)20-24-15-17-27(18-16-24)29-14-9-19-50-29)38-49(44,45)48-32(34(42)46-21-25-10-5-3-6-11-25)37-35(43)47-22-26-12-7-4-8-13-26/h3-19,23,28,30,32H,20-22H2,1-2H3,(H,36,39)(H,37,43)(H,40,41)(H2,38,44,45)/t28-,30-,32?/m0/s1. The van der Waals surface area contributed by atoms with Crippen molar-refractivity contribution in [1.82, 2.24) is 15.7 Å². The summed E-state index contributed by atoms with van der Waals surface area (Å²) in [5.41, 5.74) is 2.84. The molecule has 2 unspecified atom stereocenters. The van der Waals surface area contributed by atoms with E-state index in [1.54, 1.807) is 98.0 Å². The number of esters is 1. The van der Waals surface area contributed by atoms with Crippen molar-refractivity contribution in [2.24, 2.45) is 5.92 Å². The molecule has 1 heterocycles. The number of carbonyl (C=O) groups excluding carboxylic acids is 3. The average Bonchev–Trinajstić information content (AvgIpc) is 3.64. The van der Waals surface area contributed by atoms with Gasteiger partial charge in [-0.15, -0.1) is 11.3 Å². The third kappa shape index (κ3) is 11.9. The molecule has 0 saturated heterocycles. The lowest BCUT2D eigenvalue weighted by Gasteiger charge is -2.27. The molecule has 264 valence electrons. The van der Waals surface area contributed by atoms with Crippen LogP contribution in [0.15, 0.2) is 102 Å². The summed E-state index contributed by atoms with van der Waals surface area (Å²) in [5.74, 6) is -4.10. The minimum absolute atomic E-state index is 0.0613. The Kier molecular flexibility index (Phi) is 13.8. The van der Waals surface area contributed by atoms with Gasteiger partial charge in [-0.25, -0.2) is 24.0 Å². The summed E-state index contributed by atoms with van der Waals surface area (Å²) in [4.78, 5) is 63.0. The molecule has 5 N–H and O–H groups in total. The van der Waals surface area contributed by atoms with Gasteiger partial charge in [-0.05, 0) is 39.6 Å². The maximum atomic E-state index is 13.4. The second kappa shape index (κ2) is 18.2. The summed E-state index contributed by atoms with van der Waals surface area (Å²) in [6.07, 6.45) is -3.35. The number of thiophene rings is 1. The van der Waals surface area contributed by atoms with Crippen LogP contribution >= 0.6 is 19.1 Å². The third-order valence-corrected chi connectivity index (χ3v) is 9.23. The van der Waals surface area contributed by atoms with E-state index in [1.807, 2.05) is 29.6 Å². The fraction of sp³-hybridized carbons (Fsp3) is 0.257. The van der Waals surface area contributed by atoms with Crippen molar-refractivity contribution in [1.29, 1.82) is 0 Å². The third-order valence-electron chi connectivity index (χ3n) is 7.21. The molecule has 4 atom stereocenters. The van der Waals surface area contributed by atoms with Gasteiger partial charge in [0.05, 0.1) is 6.04 Å². The number of carboxylic acids is 1. The number of carbonyl (C=O) groups is 4. The molecular formula is C35H38N3O10PS. The first kappa shape index (κ1) is 38.0. The molecule has 50 heavy (non-hydrogen) atoms. The molecule has 2 amide bonds. The van der Waals surface area contributed by atoms with E-state index in [2.05, 4.69) is 15.7 Å². The van der Waals surface area contributed by atoms with E-state index in [0.717, 1.165) is 10.4 Å². The van der Waals surface area contributed by atoms with Crippen LogP contribution in [0.1, 0.15) is 30.5 Å². The number of carboxylic acid groups (broad SMARTS) is 1. The van der Waals surface area contributed by atoms with Gasteiger partial charge in [-0.1, -0.05) is 105 Å². The number of amides is 2. The number of ether oxygens (including phenoxy) is 2. The SMILES string of the molecule is CC(C)[C@H](NP(=O)(O)OC(NC(=O)OCc1ccccc1)C(=O)OCc1ccccc1)C(=O)N[C@@H](Cc1ccc(-c2cccs2)cc1)C(=O)O. The van der Waals surface area contributed by atoms with Crippen molar-refractivity contribution in [3.05, 3.63) is 119 Å². The summed E-state index contributed by atoms with van der Waals surface area (Å²) >= 11 is 1.57. The highest BCUT2D eigenvalue weighted by molar-refractivity contribution is 7.50. The van der Waals surface area contributed by atoms with Gasteiger partial charge >= 0.3 is 25.8 Å². The predicted molar refractivity (Wildman–Crippen MR) is 185 cm³/mol. The number of alkyl carbamates (subject to hydrolysis) is 1. The molecule has 15 heteroatoms. The fourth-order valence-corrected chi connectivity index (χ4v) is 6.59. The Morgan fingerprint density at radius 3 is 1.92 bits per heavy atom. The first-order valence-electron chi connectivity index (χ1n) is 15.5. The van der Waals surface area contributed by atoms with E-state index in [1.165, 1.54) is 0 Å². The van der Waals surface area contributed by atoms with Crippen LogP contribution in [0, 0.1) is 5.92 Å². The molecule has 0 aliphatic rings. The average molecular weight is 724 g/mol. The summed E-state index contributed by atoms with van der Waals surface area (Å²) in [6.45, 7) is 2.70. The Balaban J connectivity index is 1.43. The number of hydrogen-bond acceptors (Lipinski definition) is 9. The number of aliphatic carboxylic acids is 1. The highest BCUT2D eigenvalue weighted by Gasteiger charge is 2.38. The largest absolute Gasteiger partial charge is 0.480 e. The second-order valence-electron chi connectivity index (χ2n) is 11.4. The normalized spacial score (nSPS) is 14.1. The lowest BCUT2D eigenvalue weighted by atomic mass is 10.0. The Morgan fingerprint density at radius 1 is 0.780 bits per heavy atom. The van der Waals surface area contributed by atoms with Crippen LogP contribution in [0.5, 0.6) is 0 Å². The lowest BCUT2D eigenvalue weighted by Crippen LogP contribution is -2.52. The number of nitrogens with one attached hydrogen (secondary N) is 3. The summed E-state index contributed by atoms with van der Waals surface area (Å²) in [6, 6.07) is 25.5. The van der Waals surface area contributed by atoms with Gasteiger partial charge < -0.3 is 24.8 Å². The van der Waals surface area contributed by atoms with E-state index < -0.39 is 55.9 Å². The van der Waals surface area contributed by atoms with Crippen molar-refractivity contribution in [2.75, 3.05) is 0 Å². The molecule has 0 aliphatic heterocycles. The molecule has 3 aromatic carbocycles. The summed E-state index contributed by atoms with van der Waals surface area (Å²) < 4.78 is 28.9. The number of benzene rings is 3. The van der Waals surface area contributed by atoms with E-state index in [-0.39, 0.29) is 19.6 Å². The summed E-state index contributed by atoms with van der Waals surface area (Å²) in [5, 5.41) is 18.5. The van der Waals surface area contributed by atoms with Crippen LogP contribution in [-0.2, 0) is 52.6 Å². The van der Waals surface area contributed by atoms with E-state index in [4.69, 9.17) is 14.0 Å². The van der Waals surface area contributed by atoms with Gasteiger partial charge in [0.1, 0.15) is 19.3 Å². The fourth-order valence-electron chi connectivity index (χ4n) is 4.61. The zero-order valence-corrected chi connectivity index (χ0v) is 29.0. The number of rotatable bonds is 17. The van der Waals surface area contributed by atoms with Crippen molar-refractivity contribution >= 4 is 43.0 Å². The molecule has 4 rings (SSSR count). The van der Waals surface area contributed by atoms with Crippen LogP contribution < -0.4 is 15.7 Å². The minimum atomic E-state index is -5.09. The van der Waals surface area contributed by atoms with E-state index in [0.29, 0.717) is 16.7 Å². The van der Waals surface area contributed by atoms with E-state index >= 15 is 0 Å². The molecule has 0 aliphatic carbocycles. The predicted octanol–water partition coefficient (Wildman–Crippen LogP) is 5.25. The molecular weight excluding hydrogens is 685 g/mol. The second-order valence-corrected chi connectivity index (χ2v) is 13.9. The minimum Gasteiger partial charge on any atom is -0.480 e. The topological polar surface area (TPSA) is 190 Å². The zero-order valence-electron chi connectivity index (χ0n) is 27.3. The first-order valence-corrected chi connectivity index (χ1v) is 18.0. The van der Waals surface area contributed by atoms with Crippen molar-refractivity contribution in [2.45, 2.75) is 51.8 Å². The van der Waals surface area contributed by atoms with Gasteiger partial charge in [-0.2, -0.15) is 0 Å². The Labute approximate surface area is 293 Å². The molecule has 0 spiro atoms. The maximum Gasteiger partial charge on any atom is 0.409 e. The Morgan fingerprint density at radius 2 is 1.38 bits per heavy atom. The van der Waals surface area contributed by atoms with Crippen LogP contribution in [0.25, 0.3) is 10.4 Å². The highest BCUT2D eigenvalue weighted by Crippen LogP contribution is 2.40. The molecule has 0 bridgehead atoms. The molecule has 13 nitrogen and oxygen atoms in total. The molecule has 0 radical (unpaired) electrons.